The molecule has 7 N–H and O–H groups in total. The number of halogens is 3. The summed E-state index contributed by atoms with van der Waals surface area (Å²) in [5, 5.41) is 24.2. The van der Waals surface area contributed by atoms with Gasteiger partial charge in [-0.25, -0.2) is 9.78 Å². The second-order valence-electron chi connectivity index (χ2n) is 16.7. The molecule has 2 aliphatic rings. The number of rotatable bonds is 16. The Kier molecular flexibility index (Phi) is 19.1. The van der Waals surface area contributed by atoms with Crippen LogP contribution in [-0.4, -0.2) is 125 Å². The lowest BCUT2D eigenvalue weighted by Gasteiger charge is -2.35. The van der Waals surface area contributed by atoms with Gasteiger partial charge >= 0.3 is 12.1 Å². The molecule has 4 rings (SSSR count). The number of carbonyl (C=O) groups is 8. The van der Waals surface area contributed by atoms with E-state index in [9.17, 15) is 46.7 Å². The molecule has 1 aliphatic heterocycles. The molecule has 1 aromatic carbocycles. The van der Waals surface area contributed by atoms with Crippen molar-refractivity contribution in [3.63, 3.8) is 0 Å². The minimum absolute atomic E-state index is 0.0728. The zero-order valence-corrected chi connectivity index (χ0v) is 36.2. The fraction of sp³-hybridized carbons (Fsp3) is 0.571. The predicted octanol–water partition coefficient (Wildman–Crippen LogP) is 1.82. The fourth-order valence-electron chi connectivity index (χ4n) is 7.16. The highest BCUT2D eigenvalue weighted by atomic mass is 19.4. The molecule has 21 heteroatoms. The van der Waals surface area contributed by atoms with Crippen molar-refractivity contribution >= 4 is 47.2 Å². The van der Waals surface area contributed by atoms with Crippen molar-refractivity contribution in [3.05, 3.63) is 60.2 Å². The first-order valence-corrected chi connectivity index (χ1v) is 20.7. The number of ketones is 1. The summed E-state index contributed by atoms with van der Waals surface area (Å²) >= 11 is 0. The number of Topliss-reactive ketones (excluding diaryl/α,β-unsaturated/α-hetero) is 1. The lowest BCUT2D eigenvalue weighted by Crippen LogP contribution is -2.61. The van der Waals surface area contributed by atoms with Gasteiger partial charge in [0.1, 0.15) is 23.8 Å². The van der Waals surface area contributed by atoms with E-state index in [1.165, 1.54) is 23.5 Å². The van der Waals surface area contributed by atoms with E-state index in [4.69, 9.17) is 9.90 Å². The van der Waals surface area contributed by atoms with Crippen molar-refractivity contribution < 1.29 is 56.6 Å². The van der Waals surface area contributed by atoms with Gasteiger partial charge in [0.15, 0.2) is 0 Å². The van der Waals surface area contributed by atoms with Crippen LogP contribution in [0.5, 0.6) is 0 Å². The Balaban J connectivity index is 0.00000139. The van der Waals surface area contributed by atoms with Crippen molar-refractivity contribution in [1.29, 1.82) is 0 Å². The van der Waals surface area contributed by atoms with Crippen molar-refractivity contribution in [2.45, 2.75) is 109 Å². The van der Waals surface area contributed by atoms with Gasteiger partial charge in [0.25, 0.3) is 11.8 Å². The molecule has 1 aromatic heterocycles. The highest BCUT2D eigenvalue weighted by Gasteiger charge is 2.42. The molecule has 1 aliphatic carbocycles. The Hall–Kier alpha value is -5.99. The number of likely N-dealkylation sites (N-methyl/N-ethyl adjacent to an activating group) is 1. The Morgan fingerprint density at radius 2 is 1.51 bits per heavy atom. The highest BCUT2D eigenvalue weighted by molar-refractivity contribution is 6.38. The first-order chi connectivity index (χ1) is 29.6. The second-order valence-corrected chi connectivity index (χ2v) is 16.7. The number of nitrogens with zero attached hydrogens (tertiary/aromatic N) is 3. The number of carboxylic acids is 1. The normalized spacial score (nSPS) is 18.4. The van der Waals surface area contributed by atoms with E-state index in [0.717, 1.165) is 32.1 Å². The molecule has 6 amide bonds. The molecule has 2 aromatic rings. The van der Waals surface area contributed by atoms with Gasteiger partial charge in [-0.05, 0) is 36.2 Å². The van der Waals surface area contributed by atoms with Crippen molar-refractivity contribution in [2.24, 2.45) is 17.3 Å². The number of hydrogen-bond acceptors (Lipinski definition) is 11. The van der Waals surface area contributed by atoms with Crippen LogP contribution < -0.4 is 31.9 Å². The summed E-state index contributed by atoms with van der Waals surface area (Å²) in [4.78, 5) is 113. The molecule has 0 unspecified atom stereocenters. The number of nitrogens with one attached hydrogen (secondary N) is 6. The zero-order valence-electron chi connectivity index (χ0n) is 36.2. The van der Waals surface area contributed by atoms with Gasteiger partial charge in [-0.15, -0.1) is 0 Å². The first kappa shape index (κ1) is 51.4. The molecule has 6 atom stereocenters. The topological polar surface area (TPSA) is 258 Å². The number of alkyl halides is 3. The summed E-state index contributed by atoms with van der Waals surface area (Å²) in [5.41, 5.74) is -0.198. The number of carbonyl (C=O) groups excluding carboxylic acids is 7. The quantitative estimate of drug-likeness (QED) is 0.119. The largest absolute Gasteiger partial charge is 0.490 e. The van der Waals surface area contributed by atoms with E-state index in [0.29, 0.717) is 12.0 Å². The third-order valence-corrected chi connectivity index (χ3v) is 10.6. The van der Waals surface area contributed by atoms with Crippen LogP contribution in [0, 0.1) is 17.3 Å². The lowest BCUT2D eigenvalue weighted by molar-refractivity contribution is -0.192. The average Bonchev–Trinajstić information content (AvgIpc) is 3.71. The summed E-state index contributed by atoms with van der Waals surface area (Å²) in [6.45, 7) is 7.67. The third kappa shape index (κ3) is 15.4. The van der Waals surface area contributed by atoms with Crippen LogP contribution in [0.25, 0.3) is 0 Å². The van der Waals surface area contributed by atoms with E-state index in [2.05, 4.69) is 41.9 Å². The molecule has 0 bridgehead atoms. The summed E-state index contributed by atoms with van der Waals surface area (Å²) in [6, 6.07) is 3.61. The molecular weight excluding hydrogens is 832 g/mol. The molecule has 18 nitrogen and oxygen atoms in total. The lowest BCUT2D eigenvalue weighted by atomic mass is 9.82. The van der Waals surface area contributed by atoms with Gasteiger partial charge in [0, 0.05) is 39.6 Å². The van der Waals surface area contributed by atoms with Crippen LogP contribution in [0.15, 0.2) is 48.9 Å². The molecule has 2 fully saturated rings. The fourth-order valence-corrected chi connectivity index (χ4v) is 7.16. The van der Waals surface area contributed by atoms with Crippen LogP contribution in [0.2, 0.25) is 0 Å². The number of carboxylic acid groups (broad SMARTS) is 1. The third-order valence-electron chi connectivity index (χ3n) is 10.6. The molecule has 2 heterocycles. The SMILES string of the molecule is CCC[C@H](NC(=O)[C@@H]1CNC[C@H]1NC(=O)[C@@H](NC(=O)[C@@H](NC(=O)c1cnccn1)C1CCCCC1)C(C)(C)C)C(=O)C(=O)N[C@@H](C(=O)N(C)C)c1ccccc1.O=C(O)C(F)(F)F. The van der Waals surface area contributed by atoms with Gasteiger partial charge in [0.2, 0.25) is 29.4 Å². The maximum atomic E-state index is 14.0. The van der Waals surface area contributed by atoms with Gasteiger partial charge in [-0.2, -0.15) is 13.2 Å². The minimum Gasteiger partial charge on any atom is -0.475 e. The summed E-state index contributed by atoms with van der Waals surface area (Å²) < 4.78 is 31.7. The van der Waals surface area contributed by atoms with Gasteiger partial charge in [0.05, 0.1) is 24.2 Å². The number of aliphatic carboxylic acids is 1. The molecule has 63 heavy (non-hydrogen) atoms. The average molecular weight is 890 g/mol. The van der Waals surface area contributed by atoms with Crippen LogP contribution in [0.3, 0.4) is 0 Å². The first-order valence-electron chi connectivity index (χ1n) is 20.7. The van der Waals surface area contributed by atoms with Gasteiger partial charge in [-0.3, -0.25) is 38.5 Å². The standard InChI is InChI=1S/C40H57N9O7.C2HF3O2/c1-7-14-27(32(50)37(54)47-31(39(56)49(5)6)25-17-12-9-13-18-25)44-34(51)26-21-42-22-28(26)45-38(55)33(40(2,3)4)48-36(53)30(24-15-10-8-11-16-24)46-35(52)29-23-41-19-20-43-29;3-2(4,5)1(6)7/h9,12-13,17-20,23-24,26-28,30-31,33,42H,7-8,10-11,14-16,21-22H2,1-6H3,(H,44,51)(H,45,55)(H,46,52)(H,47,54)(H,48,53);(H,6,7)/t26-,27+,28-,30+,31-,33-;/m1./s1. The molecule has 1 saturated heterocycles. The van der Waals surface area contributed by atoms with E-state index in [1.54, 1.807) is 44.4 Å². The molecular formula is C42H58F3N9O9. The molecule has 1 saturated carbocycles. The van der Waals surface area contributed by atoms with Crippen LogP contribution in [0.4, 0.5) is 13.2 Å². The molecule has 346 valence electrons. The van der Waals surface area contributed by atoms with Crippen molar-refractivity contribution in [1.82, 2.24) is 46.8 Å². The van der Waals surface area contributed by atoms with E-state index in [1.807, 2.05) is 27.7 Å². The summed E-state index contributed by atoms with van der Waals surface area (Å²) in [6.07, 6.45) is 4.06. The Morgan fingerprint density at radius 1 is 0.873 bits per heavy atom. The number of amides is 6. The van der Waals surface area contributed by atoms with Crippen molar-refractivity contribution in [2.75, 3.05) is 27.2 Å². The van der Waals surface area contributed by atoms with Gasteiger partial charge < -0.3 is 41.9 Å². The Morgan fingerprint density at radius 3 is 2.05 bits per heavy atom. The number of aromatic nitrogens is 2. The monoisotopic (exact) mass is 889 g/mol. The van der Waals surface area contributed by atoms with E-state index < -0.39 is 94.9 Å². The molecule has 0 radical (unpaired) electrons. The van der Waals surface area contributed by atoms with Crippen LogP contribution >= 0.6 is 0 Å². The second kappa shape index (κ2) is 23.5. The summed E-state index contributed by atoms with van der Waals surface area (Å²) in [7, 11) is 3.09. The van der Waals surface area contributed by atoms with Crippen LogP contribution in [-0.2, 0) is 33.6 Å². The smallest absolute Gasteiger partial charge is 0.475 e. The summed E-state index contributed by atoms with van der Waals surface area (Å²) in [5.74, 6) is -8.12. The number of hydrogen-bond donors (Lipinski definition) is 7. The minimum atomic E-state index is -5.08. The van der Waals surface area contributed by atoms with E-state index in [-0.39, 0.29) is 31.1 Å². The predicted molar refractivity (Wildman–Crippen MR) is 221 cm³/mol. The number of benzene rings is 1. The molecule has 0 spiro atoms. The maximum absolute atomic E-state index is 14.0. The van der Waals surface area contributed by atoms with Gasteiger partial charge in [-0.1, -0.05) is 83.7 Å². The Bertz CT molecular complexity index is 1910. The van der Waals surface area contributed by atoms with Crippen molar-refractivity contribution in [3.8, 4) is 0 Å². The van der Waals surface area contributed by atoms with Crippen LogP contribution in [0.1, 0.15) is 94.7 Å². The zero-order chi connectivity index (χ0) is 47.1. The highest BCUT2D eigenvalue weighted by Crippen LogP contribution is 2.28. The Labute approximate surface area is 363 Å². The maximum Gasteiger partial charge on any atom is 0.490 e. The van der Waals surface area contributed by atoms with E-state index >= 15 is 0 Å².